The number of nitrogens with zero attached hydrogens (tertiary/aromatic N) is 1. The lowest BCUT2D eigenvalue weighted by molar-refractivity contribution is -0.138. The van der Waals surface area contributed by atoms with E-state index in [1.165, 1.54) is 32.4 Å². The number of carbonyl (C=O) groups is 1. The third-order valence-corrected chi connectivity index (χ3v) is 5.57. The van der Waals surface area contributed by atoms with Crippen LogP contribution >= 0.6 is 11.6 Å². The molecule has 0 unspecified atom stereocenters. The first-order valence-electron chi connectivity index (χ1n) is 7.29. The van der Waals surface area contributed by atoms with Crippen LogP contribution in [-0.2, 0) is 19.6 Å². The van der Waals surface area contributed by atoms with Crippen LogP contribution in [0.25, 0.3) is 0 Å². The fraction of sp³-hybridized carbons (Fsp3) is 0.235. The van der Waals surface area contributed by atoms with Gasteiger partial charge in [-0.3, -0.25) is 9.10 Å². The van der Waals surface area contributed by atoms with Gasteiger partial charge in [0.2, 0.25) is 0 Å². The molecular weight excluding hydrogens is 366 g/mol. The molecule has 0 bridgehead atoms. The third kappa shape index (κ3) is 4.24. The molecule has 8 heteroatoms. The van der Waals surface area contributed by atoms with E-state index < -0.39 is 22.5 Å². The average Bonchev–Trinajstić information content (AvgIpc) is 2.59. The predicted octanol–water partition coefficient (Wildman–Crippen LogP) is 3.03. The second-order valence-corrected chi connectivity index (χ2v) is 7.49. The van der Waals surface area contributed by atoms with Crippen LogP contribution in [0.2, 0.25) is 5.02 Å². The SMILES string of the molecule is COC(=O)CN(c1cccc(C)c1)S(=O)(=O)c1ccc(OC)c(Cl)c1. The molecule has 0 spiro atoms. The van der Waals surface area contributed by atoms with Gasteiger partial charge >= 0.3 is 5.97 Å². The largest absolute Gasteiger partial charge is 0.495 e. The minimum Gasteiger partial charge on any atom is -0.495 e. The van der Waals surface area contributed by atoms with Crippen molar-refractivity contribution in [2.24, 2.45) is 0 Å². The number of ether oxygens (including phenoxy) is 2. The molecule has 6 nitrogen and oxygen atoms in total. The summed E-state index contributed by atoms with van der Waals surface area (Å²) in [6, 6.07) is 10.9. The maximum absolute atomic E-state index is 13.1. The summed E-state index contributed by atoms with van der Waals surface area (Å²) in [5.41, 5.74) is 1.22. The molecule has 0 amide bonds. The molecule has 0 heterocycles. The van der Waals surface area contributed by atoms with E-state index in [1.807, 2.05) is 13.0 Å². The number of benzene rings is 2. The number of hydrogen-bond acceptors (Lipinski definition) is 5. The number of rotatable bonds is 6. The standard InChI is InChI=1S/C17H18ClNO5S/c1-12-5-4-6-13(9-12)19(11-17(20)24-3)25(21,22)14-7-8-16(23-2)15(18)10-14/h4-10H,11H2,1-3H3. The van der Waals surface area contributed by atoms with Crippen LogP contribution in [0.4, 0.5) is 5.69 Å². The summed E-state index contributed by atoms with van der Waals surface area (Å²) < 4.78 is 36.8. The van der Waals surface area contributed by atoms with Gasteiger partial charge in [-0.1, -0.05) is 23.7 Å². The minimum absolute atomic E-state index is 0.0521. The molecule has 134 valence electrons. The predicted molar refractivity (Wildman–Crippen MR) is 95.7 cm³/mol. The molecule has 0 aliphatic carbocycles. The molecule has 0 radical (unpaired) electrons. The molecule has 0 saturated carbocycles. The number of methoxy groups -OCH3 is 2. The third-order valence-electron chi connectivity index (χ3n) is 3.50. The van der Waals surface area contributed by atoms with Gasteiger partial charge in [0.05, 0.1) is 29.8 Å². The zero-order chi connectivity index (χ0) is 18.6. The first kappa shape index (κ1) is 19.1. The summed E-state index contributed by atoms with van der Waals surface area (Å²) in [5.74, 6) is -0.319. The topological polar surface area (TPSA) is 72.9 Å². The van der Waals surface area contributed by atoms with Crippen molar-refractivity contribution in [1.82, 2.24) is 0 Å². The molecule has 25 heavy (non-hydrogen) atoms. The van der Waals surface area contributed by atoms with Crippen molar-refractivity contribution in [2.75, 3.05) is 25.1 Å². The van der Waals surface area contributed by atoms with E-state index in [1.54, 1.807) is 18.2 Å². The van der Waals surface area contributed by atoms with E-state index in [9.17, 15) is 13.2 Å². The highest BCUT2D eigenvalue weighted by Gasteiger charge is 2.28. The Hall–Kier alpha value is -2.25. The number of sulfonamides is 1. The summed E-state index contributed by atoms with van der Waals surface area (Å²) >= 11 is 6.04. The van der Waals surface area contributed by atoms with Crippen LogP contribution in [-0.4, -0.2) is 35.2 Å². The highest BCUT2D eigenvalue weighted by atomic mass is 35.5. The maximum Gasteiger partial charge on any atom is 0.326 e. The highest BCUT2D eigenvalue weighted by Crippen LogP contribution is 2.30. The molecule has 0 aromatic heterocycles. The normalized spacial score (nSPS) is 11.0. The van der Waals surface area contributed by atoms with Crippen molar-refractivity contribution in [2.45, 2.75) is 11.8 Å². The van der Waals surface area contributed by atoms with Crippen molar-refractivity contribution in [3.63, 3.8) is 0 Å². The van der Waals surface area contributed by atoms with E-state index in [0.717, 1.165) is 9.87 Å². The van der Waals surface area contributed by atoms with Crippen LogP contribution in [0.5, 0.6) is 5.75 Å². The lowest BCUT2D eigenvalue weighted by Gasteiger charge is -2.24. The number of hydrogen-bond donors (Lipinski definition) is 0. The Morgan fingerprint density at radius 2 is 1.88 bits per heavy atom. The van der Waals surface area contributed by atoms with Crippen molar-refractivity contribution in [3.8, 4) is 5.75 Å². The van der Waals surface area contributed by atoms with Gasteiger partial charge in [0.25, 0.3) is 10.0 Å². The van der Waals surface area contributed by atoms with Gasteiger partial charge in [0, 0.05) is 0 Å². The van der Waals surface area contributed by atoms with E-state index >= 15 is 0 Å². The number of aryl methyl sites for hydroxylation is 1. The molecular formula is C17H18ClNO5S. The average molecular weight is 384 g/mol. The first-order chi connectivity index (χ1) is 11.8. The van der Waals surface area contributed by atoms with E-state index in [0.29, 0.717) is 11.4 Å². The number of esters is 1. The zero-order valence-corrected chi connectivity index (χ0v) is 15.6. The summed E-state index contributed by atoms with van der Waals surface area (Å²) in [4.78, 5) is 11.7. The van der Waals surface area contributed by atoms with Crippen LogP contribution in [0.15, 0.2) is 47.4 Å². The van der Waals surface area contributed by atoms with Crippen LogP contribution in [0, 0.1) is 6.92 Å². The van der Waals surface area contributed by atoms with Crippen molar-refractivity contribution >= 4 is 33.3 Å². The highest BCUT2D eigenvalue weighted by molar-refractivity contribution is 7.92. The molecule has 0 aliphatic rings. The molecule has 0 aliphatic heterocycles. The summed E-state index contributed by atoms with van der Waals surface area (Å²) in [7, 11) is -1.39. The van der Waals surface area contributed by atoms with Gasteiger partial charge in [0.1, 0.15) is 12.3 Å². The van der Waals surface area contributed by atoms with E-state index in [2.05, 4.69) is 4.74 Å². The fourth-order valence-electron chi connectivity index (χ4n) is 2.21. The van der Waals surface area contributed by atoms with Gasteiger partial charge in [-0.15, -0.1) is 0 Å². The Bertz CT molecular complexity index is 882. The summed E-state index contributed by atoms with van der Waals surface area (Å²) in [5, 5.41) is 0.158. The summed E-state index contributed by atoms with van der Waals surface area (Å²) in [6.45, 7) is 1.38. The summed E-state index contributed by atoms with van der Waals surface area (Å²) in [6.07, 6.45) is 0. The zero-order valence-electron chi connectivity index (χ0n) is 14.0. The maximum atomic E-state index is 13.1. The monoisotopic (exact) mass is 383 g/mol. The van der Waals surface area contributed by atoms with Crippen LogP contribution in [0.1, 0.15) is 5.56 Å². The van der Waals surface area contributed by atoms with Crippen LogP contribution in [0.3, 0.4) is 0 Å². The van der Waals surface area contributed by atoms with Crippen molar-refractivity contribution in [1.29, 1.82) is 0 Å². The molecule has 2 aromatic carbocycles. The Morgan fingerprint density at radius 1 is 1.16 bits per heavy atom. The quantitative estimate of drug-likeness (QED) is 0.717. The van der Waals surface area contributed by atoms with E-state index in [-0.39, 0.29) is 9.92 Å². The molecule has 0 saturated heterocycles. The molecule has 2 aromatic rings. The smallest absolute Gasteiger partial charge is 0.326 e. The Kier molecular flexibility index (Phi) is 5.92. The van der Waals surface area contributed by atoms with Crippen molar-refractivity contribution < 1.29 is 22.7 Å². The van der Waals surface area contributed by atoms with Gasteiger partial charge in [-0.05, 0) is 42.8 Å². The molecule has 0 atom stereocenters. The number of halogens is 1. The fourth-order valence-corrected chi connectivity index (χ4v) is 3.96. The minimum atomic E-state index is -4.03. The van der Waals surface area contributed by atoms with Gasteiger partial charge < -0.3 is 9.47 Å². The molecule has 2 rings (SSSR count). The molecule has 0 fully saturated rings. The molecule has 0 N–H and O–H groups in total. The van der Waals surface area contributed by atoms with Gasteiger partial charge in [-0.2, -0.15) is 0 Å². The lowest BCUT2D eigenvalue weighted by Crippen LogP contribution is -2.36. The number of carbonyl (C=O) groups excluding carboxylic acids is 1. The van der Waals surface area contributed by atoms with E-state index in [4.69, 9.17) is 16.3 Å². The van der Waals surface area contributed by atoms with Gasteiger partial charge in [-0.25, -0.2) is 8.42 Å². The lowest BCUT2D eigenvalue weighted by atomic mass is 10.2. The second-order valence-electron chi connectivity index (χ2n) is 5.22. The van der Waals surface area contributed by atoms with Gasteiger partial charge in [0.15, 0.2) is 0 Å². The Morgan fingerprint density at radius 3 is 2.44 bits per heavy atom. The first-order valence-corrected chi connectivity index (χ1v) is 9.11. The number of anilines is 1. The van der Waals surface area contributed by atoms with Crippen LogP contribution < -0.4 is 9.04 Å². The van der Waals surface area contributed by atoms with Crippen molar-refractivity contribution in [3.05, 3.63) is 53.1 Å². The Balaban J connectivity index is 2.55. The Labute approximate surface area is 152 Å². The second kappa shape index (κ2) is 7.76.